The number of rotatable bonds is 3. The average Bonchev–Trinajstić information content (AvgIpc) is 2.73. The van der Waals surface area contributed by atoms with Gasteiger partial charge in [0.1, 0.15) is 9.61 Å². The third-order valence-corrected chi connectivity index (χ3v) is 4.16. The van der Waals surface area contributed by atoms with E-state index in [9.17, 15) is 4.79 Å². The molecule has 2 heterocycles. The summed E-state index contributed by atoms with van der Waals surface area (Å²) in [6.07, 6.45) is 2.07. The maximum absolute atomic E-state index is 11.8. The maximum Gasteiger partial charge on any atom is 0.224 e. The number of nitrogens with one attached hydrogen (secondary N) is 2. The van der Waals surface area contributed by atoms with Gasteiger partial charge in [-0.3, -0.25) is 4.79 Å². The second kappa shape index (κ2) is 5.75. The number of piperidine rings is 1. The second-order valence-electron chi connectivity index (χ2n) is 3.83. The van der Waals surface area contributed by atoms with Gasteiger partial charge in [0.25, 0.3) is 0 Å². The van der Waals surface area contributed by atoms with Crippen LogP contribution in [0.15, 0.2) is 9.98 Å². The molecule has 1 aromatic rings. The molecule has 4 nitrogen and oxygen atoms in total. The Morgan fingerprint density at radius 2 is 2.62 bits per heavy atom. The SMILES string of the molecule is O=C(NCc1nc(Br)cs1)[C@H]1CCCNC1. The molecule has 0 spiro atoms. The average molecular weight is 304 g/mol. The third-order valence-electron chi connectivity index (χ3n) is 2.61. The lowest BCUT2D eigenvalue weighted by molar-refractivity contribution is -0.125. The van der Waals surface area contributed by atoms with Crippen LogP contribution in [0.1, 0.15) is 17.8 Å². The van der Waals surface area contributed by atoms with Gasteiger partial charge in [0.05, 0.1) is 12.5 Å². The smallest absolute Gasteiger partial charge is 0.224 e. The number of amides is 1. The highest BCUT2D eigenvalue weighted by Gasteiger charge is 2.20. The number of hydrogen-bond acceptors (Lipinski definition) is 4. The van der Waals surface area contributed by atoms with E-state index in [2.05, 4.69) is 31.5 Å². The first-order valence-corrected chi connectivity index (χ1v) is 7.01. The first kappa shape index (κ1) is 12.0. The summed E-state index contributed by atoms with van der Waals surface area (Å²) in [5.41, 5.74) is 0. The van der Waals surface area contributed by atoms with Crippen LogP contribution in [0, 0.1) is 5.92 Å². The summed E-state index contributed by atoms with van der Waals surface area (Å²) in [6, 6.07) is 0. The number of carbonyl (C=O) groups excluding carboxylic acids is 1. The quantitative estimate of drug-likeness (QED) is 0.890. The van der Waals surface area contributed by atoms with Crippen molar-refractivity contribution < 1.29 is 4.79 Å². The molecular weight excluding hydrogens is 290 g/mol. The van der Waals surface area contributed by atoms with Crippen molar-refractivity contribution in [2.75, 3.05) is 13.1 Å². The molecule has 0 unspecified atom stereocenters. The molecule has 0 radical (unpaired) electrons. The molecule has 1 fully saturated rings. The van der Waals surface area contributed by atoms with Crippen molar-refractivity contribution in [1.82, 2.24) is 15.6 Å². The second-order valence-corrected chi connectivity index (χ2v) is 5.58. The minimum atomic E-state index is 0.122. The summed E-state index contributed by atoms with van der Waals surface area (Å²) in [4.78, 5) is 16.0. The van der Waals surface area contributed by atoms with Crippen LogP contribution in [0.3, 0.4) is 0 Å². The molecule has 1 aliphatic heterocycles. The van der Waals surface area contributed by atoms with Crippen LogP contribution in [0.4, 0.5) is 0 Å². The predicted molar refractivity (Wildman–Crippen MR) is 67.3 cm³/mol. The Morgan fingerprint density at radius 1 is 1.75 bits per heavy atom. The molecule has 1 saturated heterocycles. The van der Waals surface area contributed by atoms with Gasteiger partial charge in [0.15, 0.2) is 0 Å². The molecule has 1 aliphatic rings. The Morgan fingerprint density at radius 3 is 3.25 bits per heavy atom. The largest absolute Gasteiger partial charge is 0.349 e. The highest BCUT2D eigenvalue weighted by atomic mass is 79.9. The van der Waals surface area contributed by atoms with Crippen molar-refractivity contribution in [3.63, 3.8) is 0 Å². The fraction of sp³-hybridized carbons (Fsp3) is 0.600. The fourth-order valence-corrected chi connectivity index (χ4v) is 2.96. The van der Waals surface area contributed by atoms with E-state index in [0.717, 1.165) is 35.5 Å². The number of nitrogens with zero attached hydrogens (tertiary/aromatic N) is 1. The Balaban J connectivity index is 1.78. The van der Waals surface area contributed by atoms with Gasteiger partial charge in [-0.25, -0.2) is 4.98 Å². The topological polar surface area (TPSA) is 54.0 Å². The molecule has 16 heavy (non-hydrogen) atoms. The molecular formula is C10H14BrN3OS. The zero-order valence-corrected chi connectivity index (χ0v) is 11.2. The summed E-state index contributed by atoms with van der Waals surface area (Å²) < 4.78 is 0.834. The van der Waals surface area contributed by atoms with Crippen molar-refractivity contribution in [1.29, 1.82) is 0 Å². The molecule has 2 N–H and O–H groups in total. The van der Waals surface area contributed by atoms with E-state index in [1.807, 2.05) is 5.38 Å². The van der Waals surface area contributed by atoms with Crippen molar-refractivity contribution >= 4 is 33.2 Å². The summed E-state index contributed by atoms with van der Waals surface area (Å²) in [6.45, 7) is 2.36. The molecule has 1 aromatic heterocycles. The Hall–Kier alpha value is -0.460. The predicted octanol–water partition coefficient (Wildman–Crippen LogP) is 1.52. The van der Waals surface area contributed by atoms with E-state index in [1.165, 1.54) is 0 Å². The van der Waals surface area contributed by atoms with E-state index in [4.69, 9.17) is 0 Å². The summed E-state index contributed by atoms with van der Waals surface area (Å²) in [5.74, 6) is 0.260. The highest BCUT2D eigenvalue weighted by Crippen LogP contribution is 2.15. The van der Waals surface area contributed by atoms with Gasteiger partial charge in [-0.2, -0.15) is 0 Å². The molecule has 88 valence electrons. The zero-order chi connectivity index (χ0) is 11.4. The number of carbonyl (C=O) groups is 1. The van der Waals surface area contributed by atoms with Crippen LogP contribution in [0.2, 0.25) is 0 Å². The van der Waals surface area contributed by atoms with Gasteiger partial charge >= 0.3 is 0 Å². The molecule has 0 aliphatic carbocycles. The Kier molecular flexibility index (Phi) is 4.31. The van der Waals surface area contributed by atoms with E-state index in [-0.39, 0.29) is 11.8 Å². The van der Waals surface area contributed by atoms with Gasteiger partial charge in [0.2, 0.25) is 5.91 Å². The van der Waals surface area contributed by atoms with Gasteiger partial charge < -0.3 is 10.6 Å². The lowest BCUT2D eigenvalue weighted by atomic mass is 9.99. The lowest BCUT2D eigenvalue weighted by Gasteiger charge is -2.21. The van der Waals surface area contributed by atoms with Gasteiger partial charge in [-0.05, 0) is 35.3 Å². The molecule has 6 heteroatoms. The zero-order valence-electron chi connectivity index (χ0n) is 8.83. The summed E-state index contributed by atoms with van der Waals surface area (Å²) >= 11 is 4.84. The minimum absolute atomic E-state index is 0.122. The molecule has 1 amide bonds. The van der Waals surface area contributed by atoms with E-state index in [1.54, 1.807) is 11.3 Å². The van der Waals surface area contributed by atoms with Crippen molar-refractivity contribution in [3.8, 4) is 0 Å². The summed E-state index contributed by atoms with van der Waals surface area (Å²) in [5, 5.41) is 9.02. The molecule has 0 saturated carbocycles. The van der Waals surface area contributed by atoms with Crippen LogP contribution in [-0.4, -0.2) is 24.0 Å². The highest BCUT2D eigenvalue weighted by molar-refractivity contribution is 9.10. The number of aromatic nitrogens is 1. The Labute approximate surface area is 107 Å². The standard InChI is InChI=1S/C10H14BrN3OS/c11-8-6-16-9(14-8)5-13-10(15)7-2-1-3-12-4-7/h6-7,12H,1-5H2,(H,13,15)/t7-/m0/s1. The van der Waals surface area contributed by atoms with Crippen LogP contribution >= 0.6 is 27.3 Å². The van der Waals surface area contributed by atoms with Crippen LogP contribution in [-0.2, 0) is 11.3 Å². The number of halogens is 1. The van der Waals surface area contributed by atoms with Crippen LogP contribution < -0.4 is 10.6 Å². The first-order chi connectivity index (χ1) is 7.75. The van der Waals surface area contributed by atoms with E-state index in [0.29, 0.717) is 6.54 Å². The molecule has 1 atom stereocenters. The monoisotopic (exact) mass is 303 g/mol. The number of hydrogen-bond donors (Lipinski definition) is 2. The number of thiazole rings is 1. The van der Waals surface area contributed by atoms with Gasteiger partial charge in [-0.15, -0.1) is 11.3 Å². The van der Waals surface area contributed by atoms with Crippen LogP contribution in [0.5, 0.6) is 0 Å². The fourth-order valence-electron chi connectivity index (χ4n) is 1.75. The van der Waals surface area contributed by atoms with Crippen molar-refractivity contribution in [2.24, 2.45) is 5.92 Å². The first-order valence-electron chi connectivity index (χ1n) is 5.34. The molecule has 2 rings (SSSR count). The Bertz CT molecular complexity index is 363. The van der Waals surface area contributed by atoms with Crippen molar-refractivity contribution in [3.05, 3.63) is 15.0 Å². The molecule has 0 bridgehead atoms. The maximum atomic E-state index is 11.8. The van der Waals surface area contributed by atoms with Gasteiger partial charge in [-0.1, -0.05) is 0 Å². The van der Waals surface area contributed by atoms with Crippen molar-refractivity contribution in [2.45, 2.75) is 19.4 Å². The van der Waals surface area contributed by atoms with Crippen LogP contribution in [0.25, 0.3) is 0 Å². The summed E-state index contributed by atoms with van der Waals surface area (Å²) in [7, 11) is 0. The van der Waals surface area contributed by atoms with Gasteiger partial charge in [0, 0.05) is 11.9 Å². The van der Waals surface area contributed by atoms with E-state index < -0.39 is 0 Å². The minimum Gasteiger partial charge on any atom is -0.349 e. The lowest BCUT2D eigenvalue weighted by Crippen LogP contribution is -2.40. The van der Waals surface area contributed by atoms with E-state index >= 15 is 0 Å². The molecule has 0 aromatic carbocycles. The normalized spacial score (nSPS) is 20.7. The third kappa shape index (κ3) is 3.26.